The van der Waals surface area contributed by atoms with Crippen molar-refractivity contribution in [3.05, 3.63) is 0 Å². The van der Waals surface area contributed by atoms with Crippen LogP contribution >= 0.6 is 0 Å². The summed E-state index contributed by atoms with van der Waals surface area (Å²) in [7, 11) is -4.23. The number of rotatable bonds is 2. The Morgan fingerprint density at radius 3 is 2.07 bits per heavy atom. The van der Waals surface area contributed by atoms with Gasteiger partial charge < -0.3 is 25.2 Å². The maximum absolute atomic E-state index is 10.9. The van der Waals surface area contributed by atoms with Gasteiger partial charge in [-0.2, -0.15) is 0 Å². The molecule has 8 nitrogen and oxygen atoms in total. The lowest BCUT2D eigenvalue weighted by Gasteiger charge is -2.38. The maximum atomic E-state index is 10.9. The van der Waals surface area contributed by atoms with Gasteiger partial charge in [0.25, 0.3) is 0 Å². The van der Waals surface area contributed by atoms with Crippen molar-refractivity contribution in [2.45, 2.75) is 29.9 Å². The molecule has 5 atom stereocenters. The number of primary sulfonamides is 1. The molecule has 1 aliphatic heterocycles. The zero-order chi connectivity index (χ0) is 11.8. The number of aliphatic hydroxyl groups excluding tert-OH is 4. The molecule has 1 fully saturated rings. The van der Waals surface area contributed by atoms with Crippen molar-refractivity contribution in [2.75, 3.05) is 6.61 Å². The summed E-state index contributed by atoms with van der Waals surface area (Å²) in [5, 5.41) is 41.3. The molecule has 1 unspecified atom stereocenters. The minimum absolute atomic E-state index is 0.697. The Balaban J connectivity index is 2.93. The van der Waals surface area contributed by atoms with E-state index in [0.717, 1.165) is 0 Å². The molecule has 0 bridgehead atoms. The minimum Gasteiger partial charge on any atom is -0.394 e. The van der Waals surface area contributed by atoms with E-state index < -0.39 is 46.5 Å². The highest BCUT2D eigenvalue weighted by atomic mass is 32.2. The van der Waals surface area contributed by atoms with Gasteiger partial charge in [0.1, 0.15) is 24.4 Å². The lowest BCUT2D eigenvalue weighted by molar-refractivity contribution is -0.207. The zero-order valence-corrected chi connectivity index (χ0v) is 8.41. The number of nitrogens with two attached hydrogens (primary N) is 1. The highest BCUT2D eigenvalue weighted by Crippen LogP contribution is 2.23. The molecule has 0 saturated carbocycles. The molecule has 90 valence electrons. The molecule has 0 aliphatic carbocycles. The minimum atomic E-state index is -4.23. The molecule has 0 amide bonds. The molecule has 6 N–H and O–H groups in total. The third-order valence-electron chi connectivity index (χ3n) is 2.17. The fourth-order valence-electron chi connectivity index (χ4n) is 1.34. The summed E-state index contributed by atoms with van der Waals surface area (Å²) in [6.45, 7) is -0.697. The molecule has 1 rings (SSSR count). The van der Waals surface area contributed by atoms with E-state index in [4.69, 9.17) is 10.2 Å². The number of aliphatic hydroxyl groups is 4. The van der Waals surface area contributed by atoms with Crippen LogP contribution in [0.15, 0.2) is 0 Å². The smallest absolute Gasteiger partial charge is 0.239 e. The quantitative estimate of drug-likeness (QED) is 0.332. The van der Waals surface area contributed by atoms with Crippen molar-refractivity contribution in [3.63, 3.8) is 0 Å². The standard InChI is InChI=1S/C6H13NO7S/c7-15(12,13)6-5(11)4(10)3(9)2(1-8)14-6/h2-6,8-11H,1H2,(H2,7,12,13)/t2-,3-,4+,5-,6?/m1/s1. The molecule has 9 heteroatoms. The lowest BCUT2D eigenvalue weighted by atomic mass is 10.0. The normalized spacial score (nSPS) is 42.9. The van der Waals surface area contributed by atoms with Crippen molar-refractivity contribution in [3.8, 4) is 0 Å². The van der Waals surface area contributed by atoms with Crippen LogP contribution in [-0.2, 0) is 14.8 Å². The van der Waals surface area contributed by atoms with Crippen LogP contribution in [0.25, 0.3) is 0 Å². The van der Waals surface area contributed by atoms with Gasteiger partial charge in [-0.25, -0.2) is 13.6 Å². The summed E-state index contributed by atoms with van der Waals surface area (Å²) < 4.78 is 26.5. The summed E-state index contributed by atoms with van der Waals surface area (Å²) in [4.78, 5) is 0. The average molecular weight is 243 g/mol. The van der Waals surface area contributed by atoms with Crippen molar-refractivity contribution in [1.29, 1.82) is 0 Å². The molecule has 15 heavy (non-hydrogen) atoms. The topological polar surface area (TPSA) is 150 Å². The fraction of sp³-hybridized carbons (Fsp3) is 1.00. The van der Waals surface area contributed by atoms with Gasteiger partial charge in [0.05, 0.1) is 6.61 Å². The van der Waals surface area contributed by atoms with Crippen molar-refractivity contribution >= 4 is 10.0 Å². The molecular formula is C6H13NO7S. The Morgan fingerprint density at radius 2 is 1.67 bits per heavy atom. The molecule has 1 saturated heterocycles. The largest absolute Gasteiger partial charge is 0.394 e. The van der Waals surface area contributed by atoms with E-state index in [-0.39, 0.29) is 0 Å². The molecule has 0 aromatic heterocycles. The van der Waals surface area contributed by atoms with Gasteiger partial charge in [0, 0.05) is 0 Å². The monoisotopic (exact) mass is 243 g/mol. The van der Waals surface area contributed by atoms with Gasteiger partial charge in [-0.1, -0.05) is 0 Å². The van der Waals surface area contributed by atoms with E-state index in [1.807, 2.05) is 0 Å². The van der Waals surface area contributed by atoms with Crippen molar-refractivity contribution in [2.24, 2.45) is 5.14 Å². The summed E-state index contributed by atoms with van der Waals surface area (Å²) in [6.07, 6.45) is -6.45. The Bertz CT molecular complexity index is 315. The summed E-state index contributed by atoms with van der Waals surface area (Å²) in [6, 6.07) is 0. The zero-order valence-electron chi connectivity index (χ0n) is 7.59. The SMILES string of the molecule is NS(=O)(=O)C1O[C@H](CO)[C@@H](O)[C@H](O)[C@H]1O. The first-order valence-corrected chi connectivity index (χ1v) is 5.72. The third kappa shape index (κ3) is 2.45. The first-order valence-electron chi connectivity index (χ1n) is 4.11. The molecule has 0 aromatic rings. The fourth-order valence-corrected chi connectivity index (χ4v) is 2.19. The van der Waals surface area contributed by atoms with E-state index in [2.05, 4.69) is 4.74 Å². The Labute approximate surface area is 85.9 Å². The molecule has 1 aliphatic rings. The van der Waals surface area contributed by atoms with E-state index in [1.54, 1.807) is 0 Å². The molecule has 0 radical (unpaired) electrons. The number of hydrogen-bond acceptors (Lipinski definition) is 7. The van der Waals surface area contributed by atoms with Crippen LogP contribution < -0.4 is 5.14 Å². The van der Waals surface area contributed by atoms with Gasteiger partial charge in [-0.05, 0) is 0 Å². The maximum Gasteiger partial charge on any atom is 0.239 e. The van der Waals surface area contributed by atoms with E-state index >= 15 is 0 Å². The second-order valence-electron chi connectivity index (χ2n) is 3.29. The van der Waals surface area contributed by atoms with Gasteiger partial charge in [0.15, 0.2) is 0 Å². The van der Waals surface area contributed by atoms with Crippen molar-refractivity contribution in [1.82, 2.24) is 0 Å². The number of sulfonamides is 1. The summed E-state index contributed by atoms with van der Waals surface area (Å²) in [5.41, 5.74) is -1.85. The van der Waals surface area contributed by atoms with Crippen LogP contribution in [0.3, 0.4) is 0 Å². The van der Waals surface area contributed by atoms with Crippen LogP contribution in [0.1, 0.15) is 0 Å². The summed E-state index contributed by atoms with van der Waals surface area (Å²) in [5.74, 6) is 0. The van der Waals surface area contributed by atoms with E-state index in [0.29, 0.717) is 0 Å². The third-order valence-corrected chi connectivity index (χ3v) is 3.21. The average Bonchev–Trinajstić information content (AvgIpc) is 2.13. The molecule has 0 aromatic carbocycles. The Hall–Kier alpha value is -0.290. The second kappa shape index (κ2) is 4.29. The van der Waals surface area contributed by atoms with Crippen LogP contribution in [-0.4, -0.2) is 65.3 Å². The Morgan fingerprint density at radius 1 is 1.13 bits per heavy atom. The molecular weight excluding hydrogens is 230 g/mol. The molecule has 1 heterocycles. The lowest BCUT2D eigenvalue weighted by Crippen LogP contribution is -2.61. The van der Waals surface area contributed by atoms with Crippen LogP contribution in [0, 0.1) is 0 Å². The first-order chi connectivity index (χ1) is 6.79. The van der Waals surface area contributed by atoms with Crippen LogP contribution in [0.4, 0.5) is 0 Å². The van der Waals surface area contributed by atoms with Gasteiger partial charge >= 0.3 is 0 Å². The summed E-state index contributed by atoms with van der Waals surface area (Å²) >= 11 is 0. The Kier molecular flexibility index (Phi) is 3.66. The van der Waals surface area contributed by atoms with E-state index in [1.165, 1.54) is 0 Å². The number of hydrogen-bond donors (Lipinski definition) is 5. The van der Waals surface area contributed by atoms with Gasteiger partial charge in [0.2, 0.25) is 15.5 Å². The van der Waals surface area contributed by atoms with Crippen molar-refractivity contribution < 1.29 is 33.6 Å². The molecule has 0 spiro atoms. The van der Waals surface area contributed by atoms with Crippen LogP contribution in [0.5, 0.6) is 0 Å². The van der Waals surface area contributed by atoms with E-state index in [9.17, 15) is 23.7 Å². The van der Waals surface area contributed by atoms with Gasteiger partial charge in [-0.15, -0.1) is 0 Å². The van der Waals surface area contributed by atoms with Crippen LogP contribution in [0.2, 0.25) is 0 Å². The van der Waals surface area contributed by atoms with Gasteiger partial charge in [-0.3, -0.25) is 0 Å². The second-order valence-corrected chi connectivity index (χ2v) is 4.93. The first kappa shape index (κ1) is 12.8. The number of ether oxygens (including phenoxy) is 1. The highest BCUT2D eigenvalue weighted by Gasteiger charge is 2.47. The predicted octanol–water partition coefficient (Wildman–Crippen LogP) is -3.93. The highest BCUT2D eigenvalue weighted by molar-refractivity contribution is 7.89. The predicted molar refractivity (Wildman–Crippen MR) is 46.9 cm³/mol.